The molecule has 1 aromatic heterocycles. The van der Waals surface area contributed by atoms with Crippen molar-refractivity contribution >= 4 is 0 Å². The summed E-state index contributed by atoms with van der Waals surface area (Å²) in [4.78, 5) is 0. The standard InChI is InChI=1S/C11H12FN3/c1-15-10(6-7-14-15)11(13)8-2-4-9(12)5-3-8/h2-7,11H,13H2,1H3. The number of benzene rings is 1. The number of halogens is 1. The molecule has 1 heterocycles. The van der Waals surface area contributed by atoms with Crippen LogP contribution >= 0.6 is 0 Å². The molecule has 0 spiro atoms. The van der Waals surface area contributed by atoms with Crippen LogP contribution in [0.25, 0.3) is 0 Å². The van der Waals surface area contributed by atoms with Gasteiger partial charge >= 0.3 is 0 Å². The third-order valence-electron chi connectivity index (χ3n) is 2.41. The van der Waals surface area contributed by atoms with Crippen LogP contribution < -0.4 is 5.73 Å². The number of rotatable bonds is 2. The van der Waals surface area contributed by atoms with Crippen LogP contribution in [0, 0.1) is 5.82 Å². The third-order valence-corrected chi connectivity index (χ3v) is 2.41. The monoisotopic (exact) mass is 205 g/mol. The van der Waals surface area contributed by atoms with Crippen LogP contribution in [-0.4, -0.2) is 9.78 Å². The summed E-state index contributed by atoms with van der Waals surface area (Å²) >= 11 is 0. The van der Waals surface area contributed by atoms with Gasteiger partial charge in [-0.3, -0.25) is 4.68 Å². The predicted molar refractivity (Wildman–Crippen MR) is 55.6 cm³/mol. The van der Waals surface area contributed by atoms with Gasteiger partial charge in [0.2, 0.25) is 0 Å². The van der Waals surface area contributed by atoms with Crippen LogP contribution in [0.4, 0.5) is 4.39 Å². The smallest absolute Gasteiger partial charge is 0.123 e. The molecule has 3 nitrogen and oxygen atoms in total. The van der Waals surface area contributed by atoms with Gasteiger partial charge in [0, 0.05) is 13.2 Å². The lowest BCUT2D eigenvalue weighted by Gasteiger charge is -2.12. The first kappa shape index (κ1) is 9.86. The molecule has 2 rings (SSSR count). The van der Waals surface area contributed by atoms with Crippen molar-refractivity contribution in [3.8, 4) is 0 Å². The van der Waals surface area contributed by atoms with E-state index in [2.05, 4.69) is 5.10 Å². The second-order valence-corrected chi connectivity index (χ2v) is 3.41. The van der Waals surface area contributed by atoms with Gasteiger partial charge in [0.05, 0.1) is 11.7 Å². The number of nitrogens with zero attached hydrogens (tertiary/aromatic N) is 2. The first-order valence-electron chi connectivity index (χ1n) is 4.67. The number of aryl methyl sites for hydroxylation is 1. The van der Waals surface area contributed by atoms with Crippen molar-refractivity contribution in [1.29, 1.82) is 0 Å². The van der Waals surface area contributed by atoms with E-state index in [0.29, 0.717) is 0 Å². The zero-order chi connectivity index (χ0) is 10.8. The van der Waals surface area contributed by atoms with Crippen LogP contribution in [-0.2, 0) is 7.05 Å². The molecule has 0 radical (unpaired) electrons. The lowest BCUT2D eigenvalue weighted by molar-refractivity contribution is 0.624. The molecule has 0 aliphatic rings. The summed E-state index contributed by atoms with van der Waals surface area (Å²) in [6, 6.07) is 7.78. The van der Waals surface area contributed by atoms with Crippen molar-refractivity contribution in [3.05, 3.63) is 53.6 Å². The van der Waals surface area contributed by atoms with Gasteiger partial charge in [0.1, 0.15) is 5.82 Å². The Morgan fingerprint density at radius 2 is 1.93 bits per heavy atom. The van der Waals surface area contributed by atoms with Gasteiger partial charge in [-0.05, 0) is 23.8 Å². The molecule has 15 heavy (non-hydrogen) atoms. The minimum atomic E-state index is -0.266. The highest BCUT2D eigenvalue weighted by Gasteiger charge is 2.11. The fourth-order valence-electron chi connectivity index (χ4n) is 1.53. The average Bonchev–Trinajstić information content (AvgIpc) is 2.65. The van der Waals surface area contributed by atoms with Gasteiger partial charge in [0.15, 0.2) is 0 Å². The molecule has 0 saturated heterocycles. The fourth-order valence-corrected chi connectivity index (χ4v) is 1.53. The highest BCUT2D eigenvalue weighted by molar-refractivity contribution is 5.27. The highest BCUT2D eigenvalue weighted by atomic mass is 19.1. The zero-order valence-electron chi connectivity index (χ0n) is 8.39. The second kappa shape index (κ2) is 3.82. The summed E-state index contributed by atoms with van der Waals surface area (Å²) in [5.41, 5.74) is 7.81. The maximum atomic E-state index is 12.7. The minimum absolute atomic E-state index is 0.254. The third kappa shape index (κ3) is 1.89. The van der Waals surface area contributed by atoms with Crippen LogP contribution in [0.3, 0.4) is 0 Å². The SMILES string of the molecule is Cn1nccc1C(N)c1ccc(F)cc1. The Kier molecular flexibility index (Phi) is 2.51. The predicted octanol–water partition coefficient (Wildman–Crippen LogP) is 1.61. The van der Waals surface area contributed by atoms with Gasteiger partial charge in [-0.25, -0.2) is 4.39 Å². The van der Waals surface area contributed by atoms with Gasteiger partial charge in [-0.15, -0.1) is 0 Å². The molecule has 0 saturated carbocycles. The number of hydrogen-bond donors (Lipinski definition) is 1. The van der Waals surface area contributed by atoms with E-state index in [-0.39, 0.29) is 11.9 Å². The highest BCUT2D eigenvalue weighted by Crippen LogP contribution is 2.18. The van der Waals surface area contributed by atoms with E-state index in [1.807, 2.05) is 13.1 Å². The Balaban J connectivity index is 2.32. The van der Waals surface area contributed by atoms with Crippen molar-refractivity contribution in [1.82, 2.24) is 9.78 Å². The maximum absolute atomic E-state index is 12.7. The van der Waals surface area contributed by atoms with E-state index in [1.165, 1.54) is 12.1 Å². The van der Waals surface area contributed by atoms with Gasteiger partial charge < -0.3 is 5.73 Å². The van der Waals surface area contributed by atoms with Crippen LogP contribution in [0.15, 0.2) is 36.5 Å². The Morgan fingerprint density at radius 3 is 2.47 bits per heavy atom. The molecule has 0 bridgehead atoms. The Labute approximate surface area is 87.3 Å². The van der Waals surface area contributed by atoms with Crippen LogP contribution in [0.2, 0.25) is 0 Å². The van der Waals surface area contributed by atoms with Crippen molar-refractivity contribution < 1.29 is 4.39 Å². The molecule has 0 amide bonds. The van der Waals surface area contributed by atoms with E-state index < -0.39 is 0 Å². The van der Waals surface area contributed by atoms with E-state index in [1.54, 1.807) is 23.0 Å². The summed E-state index contributed by atoms with van der Waals surface area (Å²) in [5, 5.41) is 4.04. The first-order chi connectivity index (χ1) is 7.18. The molecule has 4 heteroatoms. The zero-order valence-corrected chi connectivity index (χ0v) is 8.39. The van der Waals surface area contributed by atoms with Crippen molar-refractivity contribution in [3.63, 3.8) is 0 Å². The number of aromatic nitrogens is 2. The van der Waals surface area contributed by atoms with Crippen LogP contribution in [0.5, 0.6) is 0 Å². The summed E-state index contributed by atoms with van der Waals surface area (Å²) in [6.07, 6.45) is 1.69. The molecule has 1 unspecified atom stereocenters. The summed E-state index contributed by atoms with van der Waals surface area (Å²) in [6.45, 7) is 0. The lowest BCUT2D eigenvalue weighted by Crippen LogP contribution is -2.15. The molecule has 1 aromatic carbocycles. The second-order valence-electron chi connectivity index (χ2n) is 3.41. The lowest BCUT2D eigenvalue weighted by atomic mass is 10.0. The largest absolute Gasteiger partial charge is 0.319 e. The number of nitrogens with two attached hydrogens (primary N) is 1. The summed E-state index contributed by atoms with van der Waals surface area (Å²) < 4.78 is 14.4. The normalized spacial score (nSPS) is 12.7. The Morgan fingerprint density at radius 1 is 1.27 bits per heavy atom. The minimum Gasteiger partial charge on any atom is -0.319 e. The molecular formula is C11H12FN3. The maximum Gasteiger partial charge on any atom is 0.123 e. The summed E-state index contributed by atoms with van der Waals surface area (Å²) in [5.74, 6) is -0.254. The van der Waals surface area contributed by atoms with Gasteiger partial charge in [-0.1, -0.05) is 12.1 Å². The number of hydrogen-bond acceptors (Lipinski definition) is 2. The quantitative estimate of drug-likeness (QED) is 0.809. The topological polar surface area (TPSA) is 43.8 Å². The molecule has 0 fully saturated rings. The Bertz CT molecular complexity index is 447. The Hall–Kier alpha value is -1.68. The van der Waals surface area contributed by atoms with Gasteiger partial charge in [0.25, 0.3) is 0 Å². The van der Waals surface area contributed by atoms with E-state index >= 15 is 0 Å². The fraction of sp³-hybridized carbons (Fsp3) is 0.182. The molecule has 0 aliphatic heterocycles. The molecule has 78 valence electrons. The summed E-state index contributed by atoms with van der Waals surface area (Å²) in [7, 11) is 1.83. The average molecular weight is 205 g/mol. The van der Waals surface area contributed by atoms with Crippen LogP contribution in [0.1, 0.15) is 17.3 Å². The molecule has 0 aliphatic carbocycles. The van der Waals surface area contributed by atoms with E-state index in [0.717, 1.165) is 11.3 Å². The van der Waals surface area contributed by atoms with E-state index in [9.17, 15) is 4.39 Å². The van der Waals surface area contributed by atoms with Crippen molar-refractivity contribution in [2.24, 2.45) is 12.8 Å². The van der Waals surface area contributed by atoms with Gasteiger partial charge in [-0.2, -0.15) is 5.10 Å². The molecule has 1 atom stereocenters. The van der Waals surface area contributed by atoms with Crippen molar-refractivity contribution in [2.75, 3.05) is 0 Å². The molecule has 2 N–H and O–H groups in total. The molecular weight excluding hydrogens is 193 g/mol. The molecule has 2 aromatic rings. The van der Waals surface area contributed by atoms with E-state index in [4.69, 9.17) is 5.73 Å². The first-order valence-corrected chi connectivity index (χ1v) is 4.67. The van der Waals surface area contributed by atoms with Crippen molar-refractivity contribution in [2.45, 2.75) is 6.04 Å².